The Morgan fingerprint density at radius 1 is 1.31 bits per heavy atom. The highest BCUT2D eigenvalue weighted by Crippen LogP contribution is 2.38. The number of Topliss-reactive ketones (excluding diaryl/α,β-unsaturated/α-hetero) is 1. The highest BCUT2D eigenvalue weighted by Gasteiger charge is 2.37. The molecule has 1 rings (SSSR count). The molecule has 1 nitrogen and oxygen atoms in total. The van der Waals surface area contributed by atoms with Crippen molar-refractivity contribution in [2.45, 2.75) is 6.18 Å². The number of carbonyl (C=O) groups is 1. The van der Waals surface area contributed by atoms with Crippen molar-refractivity contribution >= 4 is 37.6 Å². The van der Waals surface area contributed by atoms with E-state index in [4.69, 9.17) is 0 Å². The molecule has 1 aromatic carbocycles. The molecule has 0 atom stereocenters. The van der Waals surface area contributed by atoms with Crippen LogP contribution in [0.2, 0.25) is 0 Å². The summed E-state index contributed by atoms with van der Waals surface area (Å²) in [7, 11) is 0. The Balaban J connectivity index is 3.51. The Morgan fingerprint density at radius 3 is 2.31 bits per heavy atom. The first-order chi connectivity index (χ1) is 7.27. The molecule has 16 heavy (non-hydrogen) atoms. The van der Waals surface area contributed by atoms with E-state index < -0.39 is 33.4 Å². The topological polar surface area (TPSA) is 17.1 Å². The van der Waals surface area contributed by atoms with E-state index in [1.165, 1.54) is 0 Å². The second kappa shape index (κ2) is 4.83. The average Bonchev–Trinajstić information content (AvgIpc) is 2.12. The molecular formula is C9H4Br2F4O. The van der Waals surface area contributed by atoms with Gasteiger partial charge in [-0.3, -0.25) is 4.79 Å². The normalized spacial score (nSPS) is 11.6. The van der Waals surface area contributed by atoms with Gasteiger partial charge in [0, 0.05) is 10.0 Å². The Hall–Kier alpha value is -0.430. The Labute approximate surface area is 105 Å². The molecule has 0 saturated carbocycles. The van der Waals surface area contributed by atoms with Gasteiger partial charge in [-0.2, -0.15) is 13.2 Å². The number of alkyl halides is 4. The second-order valence-electron chi connectivity index (χ2n) is 2.86. The van der Waals surface area contributed by atoms with Crippen LogP contribution in [0.1, 0.15) is 15.9 Å². The van der Waals surface area contributed by atoms with E-state index >= 15 is 0 Å². The lowest BCUT2D eigenvalue weighted by atomic mass is 10.0. The summed E-state index contributed by atoms with van der Waals surface area (Å²) in [4.78, 5) is 11.3. The van der Waals surface area contributed by atoms with Gasteiger partial charge in [0.25, 0.3) is 0 Å². The van der Waals surface area contributed by atoms with E-state index in [-0.39, 0.29) is 5.33 Å². The van der Waals surface area contributed by atoms with E-state index in [2.05, 4.69) is 31.9 Å². The zero-order valence-corrected chi connectivity index (χ0v) is 10.7. The van der Waals surface area contributed by atoms with E-state index in [0.717, 1.165) is 0 Å². The smallest absolute Gasteiger partial charge is 0.293 e. The van der Waals surface area contributed by atoms with Crippen LogP contribution in [0.15, 0.2) is 16.6 Å². The van der Waals surface area contributed by atoms with Gasteiger partial charge in [-0.15, -0.1) is 0 Å². The SMILES string of the molecule is O=C(CBr)c1cc(F)cc(Br)c1C(F)(F)F. The molecule has 0 amide bonds. The van der Waals surface area contributed by atoms with Crippen LogP contribution in [-0.4, -0.2) is 11.1 Å². The van der Waals surface area contributed by atoms with Gasteiger partial charge in [0.15, 0.2) is 5.78 Å². The van der Waals surface area contributed by atoms with Gasteiger partial charge in [0.05, 0.1) is 10.9 Å². The molecule has 0 aliphatic carbocycles. The summed E-state index contributed by atoms with van der Waals surface area (Å²) in [5.41, 5.74) is -1.84. The van der Waals surface area contributed by atoms with Crippen LogP contribution in [-0.2, 0) is 6.18 Å². The molecule has 0 bridgehead atoms. The molecule has 0 aliphatic heterocycles. The molecule has 1 aromatic rings. The second-order valence-corrected chi connectivity index (χ2v) is 4.28. The summed E-state index contributed by atoms with van der Waals surface area (Å²) < 4.78 is 50.3. The van der Waals surface area contributed by atoms with Crippen molar-refractivity contribution in [1.82, 2.24) is 0 Å². The maximum Gasteiger partial charge on any atom is 0.418 e. The van der Waals surface area contributed by atoms with Crippen molar-refractivity contribution in [3.05, 3.63) is 33.5 Å². The number of benzene rings is 1. The van der Waals surface area contributed by atoms with Crippen LogP contribution >= 0.6 is 31.9 Å². The minimum Gasteiger partial charge on any atom is -0.293 e. The van der Waals surface area contributed by atoms with Crippen LogP contribution < -0.4 is 0 Å². The fourth-order valence-electron chi connectivity index (χ4n) is 1.15. The van der Waals surface area contributed by atoms with E-state index in [1.54, 1.807) is 0 Å². The largest absolute Gasteiger partial charge is 0.418 e. The number of carbonyl (C=O) groups excluding carboxylic acids is 1. The predicted octanol–water partition coefficient (Wildman–Crippen LogP) is 4.18. The highest BCUT2D eigenvalue weighted by molar-refractivity contribution is 9.10. The van der Waals surface area contributed by atoms with Crippen molar-refractivity contribution in [2.75, 3.05) is 5.33 Å². The lowest BCUT2D eigenvalue weighted by molar-refractivity contribution is -0.138. The van der Waals surface area contributed by atoms with Crippen LogP contribution in [0, 0.1) is 5.82 Å². The molecule has 0 spiro atoms. The third-order valence-electron chi connectivity index (χ3n) is 1.76. The van der Waals surface area contributed by atoms with Crippen LogP contribution in [0.3, 0.4) is 0 Å². The van der Waals surface area contributed by atoms with E-state index in [1.807, 2.05) is 0 Å². The Kier molecular flexibility index (Phi) is 4.12. The number of ketones is 1. The maximum atomic E-state index is 12.9. The summed E-state index contributed by atoms with van der Waals surface area (Å²) in [5, 5.41) is -0.300. The van der Waals surface area contributed by atoms with Gasteiger partial charge in [-0.05, 0) is 12.1 Å². The summed E-state index contributed by atoms with van der Waals surface area (Å²) in [6.45, 7) is 0. The lowest BCUT2D eigenvalue weighted by Crippen LogP contribution is -2.15. The lowest BCUT2D eigenvalue weighted by Gasteiger charge is -2.13. The molecule has 0 radical (unpaired) electrons. The van der Waals surface area contributed by atoms with Gasteiger partial charge in [0.1, 0.15) is 5.82 Å². The molecule has 0 aliphatic rings. The molecule has 0 fully saturated rings. The summed E-state index contributed by atoms with van der Waals surface area (Å²) in [5.74, 6) is -1.73. The van der Waals surface area contributed by atoms with Crippen molar-refractivity contribution in [1.29, 1.82) is 0 Å². The molecule has 0 aromatic heterocycles. The average molecular weight is 364 g/mol. The van der Waals surface area contributed by atoms with Gasteiger partial charge in [-0.25, -0.2) is 4.39 Å². The van der Waals surface area contributed by atoms with Crippen molar-refractivity contribution in [3.8, 4) is 0 Å². The number of hydrogen-bond acceptors (Lipinski definition) is 1. The monoisotopic (exact) mass is 362 g/mol. The first kappa shape index (κ1) is 13.6. The standard InChI is InChI=1S/C9H4Br2F4O/c10-3-7(16)5-1-4(12)2-6(11)8(5)9(13,14)15/h1-2H,3H2. The van der Waals surface area contributed by atoms with Crippen LogP contribution in [0.25, 0.3) is 0 Å². The summed E-state index contributed by atoms with van der Waals surface area (Å²) in [6.07, 6.45) is -4.71. The maximum absolute atomic E-state index is 12.9. The molecule has 88 valence electrons. The van der Waals surface area contributed by atoms with Crippen molar-refractivity contribution in [3.63, 3.8) is 0 Å². The first-order valence-corrected chi connectivity index (χ1v) is 5.84. The zero-order valence-electron chi connectivity index (χ0n) is 7.54. The Bertz CT molecular complexity index is 428. The summed E-state index contributed by atoms with van der Waals surface area (Å²) in [6, 6.07) is 1.25. The minimum atomic E-state index is -4.71. The molecule has 0 heterocycles. The fourth-order valence-corrected chi connectivity index (χ4v) is 2.11. The molecule has 0 saturated heterocycles. The van der Waals surface area contributed by atoms with Crippen molar-refractivity contribution in [2.24, 2.45) is 0 Å². The highest BCUT2D eigenvalue weighted by atomic mass is 79.9. The van der Waals surface area contributed by atoms with Gasteiger partial charge < -0.3 is 0 Å². The third kappa shape index (κ3) is 2.82. The zero-order chi connectivity index (χ0) is 12.5. The van der Waals surface area contributed by atoms with Gasteiger partial charge >= 0.3 is 6.18 Å². The quantitative estimate of drug-likeness (QED) is 0.437. The predicted molar refractivity (Wildman–Crippen MR) is 57.2 cm³/mol. The minimum absolute atomic E-state index is 0.300. The van der Waals surface area contributed by atoms with Gasteiger partial charge in [-0.1, -0.05) is 31.9 Å². The van der Waals surface area contributed by atoms with Gasteiger partial charge in [0.2, 0.25) is 0 Å². The van der Waals surface area contributed by atoms with E-state index in [9.17, 15) is 22.4 Å². The summed E-state index contributed by atoms with van der Waals surface area (Å²) >= 11 is 5.35. The molecule has 7 heteroatoms. The van der Waals surface area contributed by atoms with E-state index in [0.29, 0.717) is 12.1 Å². The number of halogens is 6. The molecular weight excluding hydrogens is 360 g/mol. The van der Waals surface area contributed by atoms with Crippen LogP contribution in [0.4, 0.5) is 17.6 Å². The third-order valence-corrected chi connectivity index (χ3v) is 2.89. The van der Waals surface area contributed by atoms with Crippen LogP contribution in [0.5, 0.6) is 0 Å². The first-order valence-electron chi connectivity index (χ1n) is 3.92. The number of rotatable bonds is 2. The molecule has 0 N–H and O–H groups in total. The van der Waals surface area contributed by atoms with Crippen molar-refractivity contribution < 1.29 is 22.4 Å². The Morgan fingerprint density at radius 2 is 1.88 bits per heavy atom. The molecule has 0 unspecified atom stereocenters. The fraction of sp³-hybridized carbons (Fsp3) is 0.222. The number of hydrogen-bond donors (Lipinski definition) is 0.